The van der Waals surface area contributed by atoms with Crippen LogP contribution in [-0.4, -0.2) is 25.6 Å². The van der Waals surface area contributed by atoms with Crippen LogP contribution in [0.5, 0.6) is 11.5 Å². The summed E-state index contributed by atoms with van der Waals surface area (Å²) in [5.41, 5.74) is 1.32. The third-order valence-corrected chi connectivity index (χ3v) is 3.64. The molecule has 0 radical (unpaired) electrons. The molecule has 1 fully saturated rings. The van der Waals surface area contributed by atoms with Gasteiger partial charge in [0.15, 0.2) is 11.5 Å². The van der Waals surface area contributed by atoms with Gasteiger partial charge in [0.25, 0.3) is 0 Å². The van der Waals surface area contributed by atoms with Crippen molar-refractivity contribution in [2.24, 2.45) is 0 Å². The predicted octanol–water partition coefficient (Wildman–Crippen LogP) is 4.26. The summed E-state index contributed by atoms with van der Waals surface area (Å²) in [4.78, 5) is 0. The van der Waals surface area contributed by atoms with Gasteiger partial charge in [0.1, 0.15) is 6.10 Å². The first kappa shape index (κ1) is 16.0. The number of ether oxygens (including phenoxy) is 2. The van der Waals surface area contributed by atoms with Crippen molar-refractivity contribution in [3.05, 3.63) is 47.5 Å². The molecule has 122 valence electrons. The first-order chi connectivity index (χ1) is 10.9. The fraction of sp³-hybridized carbons (Fsp3) is 0.250. The lowest BCUT2D eigenvalue weighted by Crippen LogP contribution is -2.50. The van der Waals surface area contributed by atoms with E-state index in [9.17, 15) is 13.2 Å². The predicted molar refractivity (Wildman–Crippen MR) is 80.9 cm³/mol. The molecule has 0 amide bonds. The van der Waals surface area contributed by atoms with E-state index in [1.807, 2.05) is 0 Å². The first-order valence-electron chi connectivity index (χ1n) is 6.94. The van der Waals surface area contributed by atoms with E-state index in [0.717, 1.165) is 5.56 Å². The molecule has 23 heavy (non-hydrogen) atoms. The summed E-state index contributed by atoms with van der Waals surface area (Å²) in [6, 6.07) is 11.3. The van der Waals surface area contributed by atoms with E-state index in [1.54, 1.807) is 30.3 Å². The molecule has 2 aromatic carbocycles. The van der Waals surface area contributed by atoms with Crippen molar-refractivity contribution in [2.45, 2.75) is 12.5 Å². The minimum Gasteiger partial charge on any atom is -0.484 e. The van der Waals surface area contributed by atoms with E-state index in [0.29, 0.717) is 23.7 Å². The van der Waals surface area contributed by atoms with Gasteiger partial charge >= 0.3 is 6.36 Å². The topological polar surface area (TPSA) is 30.5 Å². The minimum absolute atomic E-state index is 0.0755. The zero-order valence-corrected chi connectivity index (χ0v) is 12.6. The Morgan fingerprint density at radius 1 is 0.957 bits per heavy atom. The Kier molecular flexibility index (Phi) is 4.37. The van der Waals surface area contributed by atoms with Gasteiger partial charge in [-0.15, -0.1) is 13.2 Å². The third kappa shape index (κ3) is 4.09. The molecule has 0 spiro atoms. The highest BCUT2D eigenvalue weighted by Gasteiger charge is 2.33. The normalized spacial score (nSPS) is 15.1. The van der Waals surface area contributed by atoms with Crippen molar-refractivity contribution >= 4 is 11.6 Å². The molecule has 0 unspecified atom stereocenters. The molecule has 7 heteroatoms. The second-order valence-electron chi connectivity index (χ2n) is 5.11. The monoisotopic (exact) mass is 343 g/mol. The fourth-order valence-corrected chi connectivity index (χ4v) is 2.28. The molecule has 0 aromatic heterocycles. The van der Waals surface area contributed by atoms with Crippen molar-refractivity contribution in [1.29, 1.82) is 0 Å². The molecule has 1 N–H and O–H groups in total. The average molecular weight is 344 g/mol. The number of hydrogen-bond acceptors (Lipinski definition) is 3. The van der Waals surface area contributed by atoms with Crippen LogP contribution in [0, 0.1) is 0 Å². The van der Waals surface area contributed by atoms with Crippen molar-refractivity contribution < 1.29 is 22.6 Å². The number of alkyl halides is 3. The van der Waals surface area contributed by atoms with Crippen LogP contribution < -0.4 is 14.8 Å². The molecule has 0 bridgehead atoms. The summed E-state index contributed by atoms with van der Waals surface area (Å²) in [6.45, 7) is 1.20. The molecule has 2 aromatic rings. The van der Waals surface area contributed by atoms with Crippen LogP contribution in [-0.2, 0) is 0 Å². The summed E-state index contributed by atoms with van der Waals surface area (Å²) in [5, 5.41) is 3.54. The highest BCUT2D eigenvalue weighted by atomic mass is 35.5. The maximum atomic E-state index is 12.6. The highest BCUT2D eigenvalue weighted by Crippen LogP contribution is 2.37. The lowest BCUT2D eigenvalue weighted by molar-refractivity contribution is -0.275. The second-order valence-corrected chi connectivity index (χ2v) is 5.55. The molecule has 1 aliphatic heterocycles. The molecular weight excluding hydrogens is 331 g/mol. The standard InChI is InChI=1S/C16H13ClF3NO2/c17-12-4-1-10(2-5-12)11-3-6-14(22-13-8-21-9-13)15(7-11)23-16(18,19)20/h1-7,13,21H,8-9H2. The van der Waals surface area contributed by atoms with Crippen molar-refractivity contribution in [3.8, 4) is 22.6 Å². The smallest absolute Gasteiger partial charge is 0.484 e. The SMILES string of the molecule is FC(F)(F)Oc1cc(-c2ccc(Cl)cc2)ccc1OC1CNC1. The number of rotatable bonds is 4. The number of nitrogens with one attached hydrogen (secondary N) is 1. The van der Waals surface area contributed by atoms with Crippen molar-refractivity contribution in [3.63, 3.8) is 0 Å². The maximum Gasteiger partial charge on any atom is 0.573 e. The lowest BCUT2D eigenvalue weighted by atomic mass is 10.1. The molecule has 0 aliphatic carbocycles. The quantitative estimate of drug-likeness (QED) is 0.900. The van der Waals surface area contributed by atoms with Gasteiger partial charge in [0, 0.05) is 18.1 Å². The van der Waals surface area contributed by atoms with E-state index >= 15 is 0 Å². The van der Waals surface area contributed by atoms with Crippen LogP contribution in [0.1, 0.15) is 0 Å². The van der Waals surface area contributed by atoms with Crippen molar-refractivity contribution in [2.75, 3.05) is 13.1 Å². The summed E-state index contributed by atoms with van der Waals surface area (Å²) < 4.78 is 47.5. The van der Waals surface area contributed by atoms with Gasteiger partial charge in [-0.2, -0.15) is 0 Å². The van der Waals surface area contributed by atoms with Crippen molar-refractivity contribution in [1.82, 2.24) is 5.32 Å². The summed E-state index contributed by atoms with van der Waals surface area (Å²) in [7, 11) is 0. The number of hydrogen-bond donors (Lipinski definition) is 1. The highest BCUT2D eigenvalue weighted by molar-refractivity contribution is 6.30. The zero-order chi connectivity index (χ0) is 16.4. The van der Waals surface area contributed by atoms with Crippen LogP contribution in [0.2, 0.25) is 5.02 Å². The Balaban J connectivity index is 1.92. The lowest BCUT2D eigenvalue weighted by Gasteiger charge is -2.28. The van der Waals surface area contributed by atoms with Gasteiger partial charge < -0.3 is 14.8 Å². The van der Waals surface area contributed by atoms with Gasteiger partial charge in [-0.1, -0.05) is 29.8 Å². The van der Waals surface area contributed by atoms with Crippen LogP contribution >= 0.6 is 11.6 Å². The molecule has 1 heterocycles. The zero-order valence-electron chi connectivity index (χ0n) is 11.9. The Morgan fingerprint density at radius 3 is 2.17 bits per heavy atom. The molecule has 3 nitrogen and oxygen atoms in total. The molecule has 0 saturated carbocycles. The molecule has 1 aliphatic rings. The van der Waals surface area contributed by atoms with E-state index in [-0.39, 0.29) is 17.6 Å². The third-order valence-electron chi connectivity index (χ3n) is 3.38. The van der Waals surface area contributed by atoms with Crippen LogP contribution in [0.25, 0.3) is 11.1 Å². The summed E-state index contributed by atoms with van der Waals surface area (Å²) >= 11 is 5.82. The van der Waals surface area contributed by atoms with E-state index in [2.05, 4.69) is 10.1 Å². The van der Waals surface area contributed by atoms with E-state index in [1.165, 1.54) is 12.1 Å². The van der Waals surface area contributed by atoms with E-state index < -0.39 is 6.36 Å². The number of halogens is 4. The molecule has 3 rings (SSSR count). The Hall–Kier alpha value is -1.92. The van der Waals surface area contributed by atoms with E-state index in [4.69, 9.17) is 16.3 Å². The van der Waals surface area contributed by atoms with Gasteiger partial charge in [0.05, 0.1) is 0 Å². The largest absolute Gasteiger partial charge is 0.573 e. The van der Waals surface area contributed by atoms with Crippen LogP contribution in [0.15, 0.2) is 42.5 Å². The Bertz CT molecular complexity index is 685. The first-order valence-corrected chi connectivity index (χ1v) is 7.31. The molecule has 0 atom stereocenters. The summed E-state index contributed by atoms with van der Waals surface area (Å²) in [5.74, 6) is -0.275. The van der Waals surface area contributed by atoms with Crippen LogP contribution in [0.3, 0.4) is 0 Å². The maximum absolute atomic E-state index is 12.6. The summed E-state index contributed by atoms with van der Waals surface area (Å²) in [6.07, 6.45) is -4.93. The molecule has 1 saturated heterocycles. The van der Waals surface area contributed by atoms with Gasteiger partial charge in [-0.3, -0.25) is 0 Å². The van der Waals surface area contributed by atoms with Gasteiger partial charge in [-0.25, -0.2) is 0 Å². The molecular formula is C16H13ClF3NO2. The van der Waals surface area contributed by atoms with Gasteiger partial charge in [0.2, 0.25) is 0 Å². The fourth-order valence-electron chi connectivity index (χ4n) is 2.16. The number of benzene rings is 2. The Labute approximate surface area is 136 Å². The van der Waals surface area contributed by atoms with Crippen LogP contribution in [0.4, 0.5) is 13.2 Å². The average Bonchev–Trinajstić information content (AvgIpc) is 2.43. The second kappa shape index (κ2) is 6.29. The Morgan fingerprint density at radius 2 is 1.61 bits per heavy atom. The minimum atomic E-state index is -4.78. The van der Waals surface area contributed by atoms with Gasteiger partial charge in [-0.05, 0) is 35.4 Å².